The number of nitrogens with zero attached hydrogens (tertiary/aromatic N) is 1. The Labute approximate surface area is 162 Å². The molecule has 0 radical (unpaired) electrons. The summed E-state index contributed by atoms with van der Waals surface area (Å²) < 4.78 is 5.40. The first kappa shape index (κ1) is 20.1. The number of benzene rings is 2. The molecule has 7 heteroatoms. The number of hydrogen-bond donors (Lipinski definition) is 1. The highest BCUT2D eigenvalue weighted by molar-refractivity contribution is 6.34. The molecule has 0 aliphatic carbocycles. The molecule has 0 unspecified atom stereocenters. The third kappa shape index (κ3) is 5.64. The van der Waals surface area contributed by atoms with Gasteiger partial charge in [0.05, 0.1) is 0 Å². The topological polar surface area (TPSA) is 58.6 Å². The molecule has 0 aliphatic rings. The van der Waals surface area contributed by atoms with E-state index >= 15 is 0 Å². The first-order chi connectivity index (χ1) is 12.4. The van der Waals surface area contributed by atoms with Crippen LogP contribution in [0.15, 0.2) is 42.5 Å². The van der Waals surface area contributed by atoms with Crippen LogP contribution in [0.2, 0.25) is 10.0 Å². The van der Waals surface area contributed by atoms with Crippen molar-refractivity contribution in [3.8, 4) is 5.75 Å². The summed E-state index contributed by atoms with van der Waals surface area (Å²) in [5.41, 5.74) is 1.05. The van der Waals surface area contributed by atoms with Crippen LogP contribution in [0.1, 0.15) is 24.2 Å². The standard InChI is InChI=1S/C19H20Cl2N2O3/c1-3-23(4-2)19(25)13-6-5-7-16(8-13)22-18(24)12-26-17-10-14(20)9-15(21)11-17/h5-11H,3-4,12H2,1-2H3,(H,22,24). The zero-order chi connectivity index (χ0) is 19.1. The molecule has 2 aromatic rings. The number of ether oxygens (including phenoxy) is 1. The minimum Gasteiger partial charge on any atom is -0.484 e. The zero-order valence-corrected chi connectivity index (χ0v) is 16.1. The van der Waals surface area contributed by atoms with E-state index in [1.807, 2.05) is 13.8 Å². The van der Waals surface area contributed by atoms with Gasteiger partial charge in [-0.2, -0.15) is 0 Å². The Morgan fingerprint density at radius 3 is 2.31 bits per heavy atom. The number of anilines is 1. The molecule has 2 rings (SSSR count). The van der Waals surface area contributed by atoms with Crippen molar-refractivity contribution in [2.45, 2.75) is 13.8 Å². The molecule has 2 amide bonds. The lowest BCUT2D eigenvalue weighted by Gasteiger charge is -2.19. The maximum absolute atomic E-state index is 12.4. The monoisotopic (exact) mass is 394 g/mol. The van der Waals surface area contributed by atoms with Crippen molar-refractivity contribution in [2.75, 3.05) is 25.0 Å². The summed E-state index contributed by atoms with van der Waals surface area (Å²) in [6, 6.07) is 11.5. The fourth-order valence-electron chi connectivity index (χ4n) is 2.38. The van der Waals surface area contributed by atoms with Crippen molar-refractivity contribution < 1.29 is 14.3 Å². The van der Waals surface area contributed by atoms with Crippen LogP contribution < -0.4 is 10.1 Å². The maximum Gasteiger partial charge on any atom is 0.262 e. The van der Waals surface area contributed by atoms with Gasteiger partial charge in [-0.15, -0.1) is 0 Å². The molecule has 0 saturated heterocycles. The highest BCUT2D eigenvalue weighted by atomic mass is 35.5. The van der Waals surface area contributed by atoms with Crippen molar-refractivity contribution in [2.24, 2.45) is 0 Å². The average Bonchev–Trinajstić information content (AvgIpc) is 2.60. The summed E-state index contributed by atoms with van der Waals surface area (Å²) in [5.74, 6) is -0.0208. The lowest BCUT2D eigenvalue weighted by molar-refractivity contribution is -0.118. The summed E-state index contributed by atoms with van der Waals surface area (Å²) in [6.45, 7) is 4.90. The molecule has 2 aromatic carbocycles. The number of amides is 2. The molecular weight excluding hydrogens is 375 g/mol. The first-order valence-electron chi connectivity index (χ1n) is 8.21. The number of carbonyl (C=O) groups is 2. The largest absolute Gasteiger partial charge is 0.484 e. The SMILES string of the molecule is CCN(CC)C(=O)c1cccc(NC(=O)COc2cc(Cl)cc(Cl)c2)c1. The highest BCUT2D eigenvalue weighted by Gasteiger charge is 2.13. The molecule has 1 N–H and O–H groups in total. The van der Waals surface area contributed by atoms with Crippen molar-refractivity contribution >= 4 is 40.7 Å². The van der Waals surface area contributed by atoms with Gasteiger partial charge in [-0.3, -0.25) is 9.59 Å². The number of hydrogen-bond acceptors (Lipinski definition) is 3. The van der Waals surface area contributed by atoms with Crippen LogP contribution in [0.5, 0.6) is 5.75 Å². The fraction of sp³-hybridized carbons (Fsp3) is 0.263. The molecule has 0 aromatic heterocycles. The molecular formula is C19H20Cl2N2O3. The molecule has 5 nitrogen and oxygen atoms in total. The molecule has 0 aliphatic heterocycles. The van der Waals surface area contributed by atoms with Crippen LogP contribution in [0.3, 0.4) is 0 Å². The second-order valence-corrected chi connectivity index (χ2v) is 6.37. The van der Waals surface area contributed by atoms with Crippen molar-refractivity contribution in [3.63, 3.8) is 0 Å². The number of halogens is 2. The fourth-order valence-corrected chi connectivity index (χ4v) is 2.89. The zero-order valence-electron chi connectivity index (χ0n) is 14.6. The van der Waals surface area contributed by atoms with Gasteiger partial charge in [0.15, 0.2) is 6.61 Å². The van der Waals surface area contributed by atoms with Crippen LogP contribution in [0.4, 0.5) is 5.69 Å². The van der Waals surface area contributed by atoms with Gasteiger partial charge in [0.1, 0.15) is 5.75 Å². The van der Waals surface area contributed by atoms with Crippen LogP contribution in [-0.2, 0) is 4.79 Å². The van der Waals surface area contributed by atoms with Crippen LogP contribution >= 0.6 is 23.2 Å². The van der Waals surface area contributed by atoms with E-state index in [1.54, 1.807) is 47.4 Å². The average molecular weight is 395 g/mol. The molecule has 0 spiro atoms. The summed E-state index contributed by atoms with van der Waals surface area (Å²) in [7, 11) is 0. The maximum atomic E-state index is 12.4. The van der Waals surface area contributed by atoms with Gasteiger partial charge in [-0.25, -0.2) is 0 Å². The number of nitrogens with one attached hydrogen (secondary N) is 1. The molecule has 0 fully saturated rings. The highest BCUT2D eigenvalue weighted by Crippen LogP contribution is 2.24. The molecule has 138 valence electrons. The van der Waals surface area contributed by atoms with Gasteiger partial charge < -0.3 is 15.0 Å². The van der Waals surface area contributed by atoms with Crippen LogP contribution in [0.25, 0.3) is 0 Å². The predicted octanol–water partition coefficient (Wildman–Crippen LogP) is 4.49. The quantitative estimate of drug-likeness (QED) is 0.752. The minimum atomic E-state index is -0.353. The second kappa shape index (κ2) is 9.46. The number of carbonyl (C=O) groups excluding carboxylic acids is 2. The Bertz CT molecular complexity index is 772. The Morgan fingerprint density at radius 1 is 1.04 bits per heavy atom. The van der Waals surface area contributed by atoms with E-state index in [2.05, 4.69) is 5.32 Å². The van der Waals surface area contributed by atoms with E-state index in [-0.39, 0.29) is 18.4 Å². The van der Waals surface area contributed by atoms with Crippen molar-refractivity contribution in [1.29, 1.82) is 0 Å². The number of rotatable bonds is 7. The van der Waals surface area contributed by atoms with Gasteiger partial charge in [0.2, 0.25) is 0 Å². The van der Waals surface area contributed by atoms with Gasteiger partial charge in [-0.05, 0) is 50.2 Å². The summed E-state index contributed by atoms with van der Waals surface area (Å²) in [4.78, 5) is 26.2. The van der Waals surface area contributed by atoms with Gasteiger partial charge in [0.25, 0.3) is 11.8 Å². The lowest BCUT2D eigenvalue weighted by Crippen LogP contribution is -2.30. The third-order valence-electron chi connectivity index (χ3n) is 3.65. The minimum absolute atomic E-state index is 0.0732. The Hall–Kier alpha value is -2.24. The Balaban J connectivity index is 1.98. The van der Waals surface area contributed by atoms with Gasteiger partial charge in [0, 0.05) is 34.4 Å². The third-order valence-corrected chi connectivity index (χ3v) is 4.09. The predicted molar refractivity (Wildman–Crippen MR) is 104 cm³/mol. The Morgan fingerprint density at radius 2 is 1.69 bits per heavy atom. The van der Waals surface area contributed by atoms with E-state index in [0.29, 0.717) is 40.1 Å². The smallest absolute Gasteiger partial charge is 0.262 e. The van der Waals surface area contributed by atoms with Crippen LogP contribution in [-0.4, -0.2) is 36.4 Å². The normalized spacial score (nSPS) is 10.3. The van der Waals surface area contributed by atoms with E-state index in [9.17, 15) is 9.59 Å². The van der Waals surface area contributed by atoms with Crippen molar-refractivity contribution in [3.05, 3.63) is 58.1 Å². The summed E-state index contributed by atoms with van der Waals surface area (Å²) >= 11 is 11.8. The van der Waals surface area contributed by atoms with Crippen LogP contribution in [0, 0.1) is 0 Å². The summed E-state index contributed by atoms with van der Waals surface area (Å²) in [6.07, 6.45) is 0. The first-order valence-corrected chi connectivity index (χ1v) is 8.96. The second-order valence-electron chi connectivity index (χ2n) is 5.50. The van der Waals surface area contributed by atoms with E-state index in [4.69, 9.17) is 27.9 Å². The van der Waals surface area contributed by atoms with Gasteiger partial charge in [-0.1, -0.05) is 29.3 Å². The molecule has 0 saturated carbocycles. The molecule has 0 bridgehead atoms. The van der Waals surface area contributed by atoms with Crippen molar-refractivity contribution in [1.82, 2.24) is 4.90 Å². The van der Waals surface area contributed by atoms with E-state index in [1.165, 1.54) is 0 Å². The molecule has 26 heavy (non-hydrogen) atoms. The molecule has 0 heterocycles. The van der Waals surface area contributed by atoms with E-state index in [0.717, 1.165) is 0 Å². The lowest BCUT2D eigenvalue weighted by atomic mass is 10.1. The molecule has 0 atom stereocenters. The van der Waals surface area contributed by atoms with E-state index < -0.39 is 0 Å². The Kier molecular flexibility index (Phi) is 7.30. The summed E-state index contributed by atoms with van der Waals surface area (Å²) in [5, 5.41) is 3.56. The van der Waals surface area contributed by atoms with Gasteiger partial charge >= 0.3 is 0 Å².